The summed E-state index contributed by atoms with van der Waals surface area (Å²) in [4.78, 5) is 14.7. The van der Waals surface area contributed by atoms with Gasteiger partial charge < -0.3 is 9.67 Å². The van der Waals surface area contributed by atoms with Gasteiger partial charge in [0.15, 0.2) is 0 Å². The molecule has 0 aromatic carbocycles. The molecular weight excluding hydrogens is 234 g/mol. The van der Waals surface area contributed by atoms with E-state index in [4.69, 9.17) is 5.11 Å². The largest absolute Gasteiger partial charge is 0.481 e. The number of imidazole rings is 1. The first-order valence-electron chi connectivity index (χ1n) is 5.84. The molecule has 7 nitrogen and oxygen atoms in total. The highest BCUT2D eigenvalue weighted by molar-refractivity contribution is 5.69. The van der Waals surface area contributed by atoms with Crippen molar-refractivity contribution in [2.45, 2.75) is 31.8 Å². The Balaban J connectivity index is 1.73. The molecule has 0 bridgehead atoms. The number of carboxylic acid groups (broad SMARTS) is 1. The number of aromatic nitrogens is 5. The quantitative estimate of drug-likeness (QED) is 0.830. The summed E-state index contributed by atoms with van der Waals surface area (Å²) in [5.74, 6) is -0.898. The molecule has 1 fully saturated rings. The van der Waals surface area contributed by atoms with Crippen molar-refractivity contribution in [3.05, 3.63) is 30.1 Å². The molecule has 2 aromatic rings. The molecule has 1 saturated carbocycles. The lowest BCUT2D eigenvalue weighted by molar-refractivity contribution is -0.136. The molecule has 0 aliphatic heterocycles. The van der Waals surface area contributed by atoms with Crippen molar-refractivity contribution >= 4 is 5.97 Å². The minimum atomic E-state index is -0.898. The van der Waals surface area contributed by atoms with E-state index in [9.17, 15) is 4.79 Å². The third-order valence-corrected chi connectivity index (χ3v) is 2.93. The molecule has 0 radical (unpaired) electrons. The number of carboxylic acids is 1. The van der Waals surface area contributed by atoms with Crippen LogP contribution in [0.15, 0.2) is 18.7 Å². The molecule has 3 rings (SSSR count). The molecule has 1 N–H and O–H groups in total. The van der Waals surface area contributed by atoms with Gasteiger partial charge in [-0.25, -0.2) is 9.67 Å². The zero-order valence-corrected chi connectivity index (χ0v) is 9.73. The monoisotopic (exact) mass is 247 g/mol. The lowest BCUT2D eigenvalue weighted by atomic mass is 10.3. The summed E-state index contributed by atoms with van der Waals surface area (Å²) in [5, 5.41) is 16.4. The Hall–Kier alpha value is -2.18. The van der Waals surface area contributed by atoms with E-state index >= 15 is 0 Å². The molecule has 7 heteroatoms. The number of nitrogens with zero attached hydrogens (tertiary/aromatic N) is 5. The number of rotatable bonds is 5. The van der Waals surface area contributed by atoms with E-state index in [2.05, 4.69) is 19.9 Å². The topological polar surface area (TPSA) is 85.8 Å². The van der Waals surface area contributed by atoms with E-state index in [1.165, 1.54) is 12.8 Å². The number of aliphatic carboxylic acids is 1. The standard InChI is InChI=1S/C11H13N5O2/c17-11(18)3-8-5-15(14-13-8)6-10-4-12-7-16(10)9-1-2-9/h4-5,7,9H,1-3,6H2,(H,17,18). The van der Waals surface area contributed by atoms with Gasteiger partial charge in [0.25, 0.3) is 0 Å². The number of hydrogen-bond donors (Lipinski definition) is 1. The molecule has 0 atom stereocenters. The molecule has 2 aromatic heterocycles. The lowest BCUT2D eigenvalue weighted by Gasteiger charge is -2.05. The van der Waals surface area contributed by atoms with Crippen LogP contribution in [0.25, 0.3) is 0 Å². The van der Waals surface area contributed by atoms with E-state index in [1.54, 1.807) is 10.9 Å². The average Bonchev–Trinajstić information content (AvgIpc) is 2.91. The Morgan fingerprint density at radius 1 is 1.50 bits per heavy atom. The Morgan fingerprint density at radius 3 is 3.06 bits per heavy atom. The number of carbonyl (C=O) groups is 1. The minimum absolute atomic E-state index is 0.0954. The van der Waals surface area contributed by atoms with Crippen LogP contribution in [0.2, 0.25) is 0 Å². The van der Waals surface area contributed by atoms with E-state index in [0.29, 0.717) is 18.3 Å². The van der Waals surface area contributed by atoms with Gasteiger partial charge in [-0.1, -0.05) is 5.21 Å². The molecule has 18 heavy (non-hydrogen) atoms. The van der Waals surface area contributed by atoms with Gasteiger partial charge in [-0.15, -0.1) is 5.10 Å². The van der Waals surface area contributed by atoms with Crippen LogP contribution in [-0.2, 0) is 17.8 Å². The molecule has 0 spiro atoms. The van der Waals surface area contributed by atoms with Crippen LogP contribution in [0.1, 0.15) is 30.3 Å². The summed E-state index contributed by atoms with van der Waals surface area (Å²) in [6.07, 6.45) is 7.62. The van der Waals surface area contributed by atoms with Crippen LogP contribution < -0.4 is 0 Å². The van der Waals surface area contributed by atoms with Crippen LogP contribution in [0.3, 0.4) is 0 Å². The third kappa shape index (κ3) is 2.24. The Morgan fingerprint density at radius 2 is 2.33 bits per heavy atom. The predicted molar refractivity (Wildman–Crippen MR) is 61.0 cm³/mol. The van der Waals surface area contributed by atoms with Gasteiger partial charge in [0, 0.05) is 12.2 Å². The highest BCUT2D eigenvalue weighted by Crippen LogP contribution is 2.35. The lowest BCUT2D eigenvalue weighted by Crippen LogP contribution is -2.06. The zero-order valence-electron chi connectivity index (χ0n) is 9.73. The minimum Gasteiger partial charge on any atom is -0.481 e. The van der Waals surface area contributed by atoms with Crippen LogP contribution in [0.4, 0.5) is 0 Å². The molecule has 1 aliphatic carbocycles. The first-order chi connectivity index (χ1) is 8.72. The van der Waals surface area contributed by atoms with Gasteiger partial charge in [-0.05, 0) is 12.8 Å². The van der Waals surface area contributed by atoms with Crippen molar-refractivity contribution in [1.82, 2.24) is 24.5 Å². The second-order valence-electron chi connectivity index (χ2n) is 4.50. The summed E-state index contributed by atoms with van der Waals surface area (Å²) >= 11 is 0. The predicted octanol–water partition coefficient (Wildman–Crippen LogP) is 0.485. The Bertz CT molecular complexity index is 570. The fourth-order valence-electron chi connectivity index (χ4n) is 1.95. The molecule has 0 saturated heterocycles. The summed E-state index contributed by atoms with van der Waals surface area (Å²) < 4.78 is 3.80. The van der Waals surface area contributed by atoms with Gasteiger partial charge in [-0.2, -0.15) is 0 Å². The second-order valence-corrected chi connectivity index (χ2v) is 4.50. The van der Waals surface area contributed by atoms with Crippen molar-refractivity contribution in [2.24, 2.45) is 0 Å². The van der Waals surface area contributed by atoms with Gasteiger partial charge in [-0.3, -0.25) is 4.79 Å². The van der Waals surface area contributed by atoms with Gasteiger partial charge in [0.05, 0.1) is 36.9 Å². The van der Waals surface area contributed by atoms with E-state index in [1.807, 2.05) is 12.5 Å². The zero-order chi connectivity index (χ0) is 12.5. The SMILES string of the molecule is O=C(O)Cc1cn(Cc2cncn2C2CC2)nn1. The van der Waals surface area contributed by atoms with Gasteiger partial charge in [0.2, 0.25) is 0 Å². The summed E-state index contributed by atoms with van der Waals surface area (Å²) in [5.41, 5.74) is 1.55. The second kappa shape index (κ2) is 4.25. The van der Waals surface area contributed by atoms with Crippen LogP contribution in [0.5, 0.6) is 0 Å². The van der Waals surface area contributed by atoms with Gasteiger partial charge in [0.1, 0.15) is 0 Å². The summed E-state index contributed by atoms with van der Waals surface area (Å²) in [7, 11) is 0. The first-order valence-corrected chi connectivity index (χ1v) is 5.84. The molecular formula is C11H13N5O2. The van der Waals surface area contributed by atoms with Crippen molar-refractivity contribution in [1.29, 1.82) is 0 Å². The van der Waals surface area contributed by atoms with Crippen LogP contribution >= 0.6 is 0 Å². The van der Waals surface area contributed by atoms with E-state index in [0.717, 1.165) is 5.69 Å². The molecule has 2 heterocycles. The molecule has 94 valence electrons. The maximum Gasteiger partial charge on any atom is 0.309 e. The molecule has 1 aliphatic rings. The maximum absolute atomic E-state index is 10.6. The first kappa shape index (κ1) is 10.9. The summed E-state index contributed by atoms with van der Waals surface area (Å²) in [6.45, 7) is 0.573. The highest BCUT2D eigenvalue weighted by atomic mass is 16.4. The maximum atomic E-state index is 10.6. The summed E-state index contributed by atoms with van der Waals surface area (Å²) in [6, 6.07) is 0.574. The number of hydrogen-bond acceptors (Lipinski definition) is 4. The highest BCUT2D eigenvalue weighted by Gasteiger charge is 2.25. The Labute approximate surface area is 103 Å². The van der Waals surface area contributed by atoms with Gasteiger partial charge >= 0.3 is 5.97 Å². The fraction of sp³-hybridized carbons (Fsp3) is 0.455. The van der Waals surface area contributed by atoms with E-state index < -0.39 is 5.97 Å². The van der Waals surface area contributed by atoms with Crippen LogP contribution in [0, 0.1) is 0 Å². The van der Waals surface area contributed by atoms with Crippen molar-refractivity contribution in [3.8, 4) is 0 Å². The average molecular weight is 247 g/mol. The third-order valence-electron chi connectivity index (χ3n) is 2.93. The Kier molecular flexibility index (Phi) is 2.58. The fourth-order valence-corrected chi connectivity index (χ4v) is 1.95. The smallest absolute Gasteiger partial charge is 0.309 e. The molecule has 0 unspecified atom stereocenters. The van der Waals surface area contributed by atoms with Crippen molar-refractivity contribution in [2.75, 3.05) is 0 Å². The van der Waals surface area contributed by atoms with Crippen molar-refractivity contribution < 1.29 is 9.90 Å². The molecule has 0 amide bonds. The van der Waals surface area contributed by atoms with Crippen LogP contribution in [-0.4, -0.2) is 35.6 Å². The normalized spacial score (nSPS) is 14.9. The van der Waals surface area contributed by atoms with Crippen molar-refractivity contribution in [3.63, 3.8) is 0 Å². The van der Waals surface area contributed by atoms with E-state index in [-0.39, 0.29) is 6.42 Å².